The largest absolute Gasteiger partial charge is 0.493 e. The molecule has 1 aliphatic heterocycles. The molecule has 3 aromatic heterocycles. The number of ether oxygens (including phenoxy) is 1. The summed E-state index contributed by atoms with van der Waals surface area (Å²) in [5.41, 5.74) is 7.78. The quantitative estimate of drug-likeness (QED) is 0.193. The minimum Gasteiger partial charge on any atom is -0.493 e. The highest BCUT2D eigenvalue weighted by atomic mass is 35.5. The van der Waals surface area contributed by atoms with Gasteiger partial charge in [-0.25, -0.2) is 4.79 Å². The second-order valence-electron chi connectivity index (χ2n) is 12.6. The summed E-state index contributed by atoms with van der Waals surface area (Å²) in [5.74, 6) is 2.04. The van der Waals surface area contributed by atoms with Crippen LogP contribution in [0, 0.1) is 6.92 Å². The molecule has 8 nitrogen and oxygen atoms in total. The van der Waals surface area contributed by atoms with Crippen LogP contribution in [0.15, 0.2) is 59.5 Å². The first-order valence-corrected chi connectivity index (χ1v) is 18.6. The molecule has 8 bridgehead atoms. The monoisotopic (exact) mass is 699 g/mol. The third kappa shape index (κ3) is 5.88. The summed E-state index contributed by atoms with van der Waals surface area (Å²) in [4.78, 5) is 13.9. The van der Waals surface area contributed by atoms with Gasteiger partial charge in [0.05, 0.1) is 28.5 Å². The SMILES string of the molecule is Cc1c2c(nn1C(C)C)CSCc1cc(n(C)n1)CSc1cc(c3ccccc3c1)OCCCc1c(C(=O)O)n(C)c3c-2c(Cl)ccc13. The Morgan fingerprint density at radius 1 is 1.00 bits per heavy atom. The van der Waals surface area contributed by atoms with E-state index < -0.39 is 5.97 Å². The fourth-order valence-electron chi connectivity index (χ4n) is 6.94. The number of benzene rings is 3. The molecule has 6 aromatic rings. The highest BCUT2D eigenvalue weighted by molar-refractivity contribution is 7.98. The topological polar surface area (TPSA) is 87.1 Å². The van der Waals surface area contributed by atoms with Crippen LogP contribution in [-0.2, 0) is 37.8 Å². The molecule has 0 amide bonds. The molecule has 0 atom stereocenters. The van der Waals surface area contributed by atoms with Gasteiger partial charge in [0.15, 0.2) is 0 Å². The van der Waals surface area contributed by atoms with Crippen molar-refractivity contribution in [2.75, 3.05) is 6.61 Å². The summed E-state index contributed by atoms with van der Waals surface area (Å²) in [6.45, 7) is 6.76. The molecular weight excluding hydrogens is 662 g/mol. The van der Waals surface area contributed by atoms with E-state index in [-0.39, 0.29) is 11.7 Å². The van der Waals surface area contributed by atoms with Crippen molar-refractivity contribution in [3.05, 3.63) is 93.7 Å². The zero-order valence-corrected chi connectivity index (χ0v) is 30.1. The van der Waals surface area contributed by atoms with Crippen molar-refractivity contribution in [1.29, 1.82) is 0 Å². The van der Waals surface area contributed by atoms with Crippen LogP contribution in [0.2, 0.25) is 5.02 Å². The summed E-state index contributed by atoms with van der Waals surface area (Å²) in [7, 11) is 3.83. The van der Waals surface area contributed by atoms with Gasteiger partial charge in [0.25, 0.3) is 0 Å². The van der Waals surface area contributed by atoms with E-state index in [0.717, 1.165) is 83.3 Å². The fourth-order valence-corrected chi connectivity index (χ4v) is 9.02. The highest BCUT2D eigenvalue weighted by Crippen LogP contribution is 2.43. The van der Waals surface area contributed by atoms with Gasteiger partial charge in [-0.2, -0.15) is 10.2 Å². The third-order valence-electron chi connectivity index (χ3n) is 9.10. The first kappa shape index (κ1) is 32.7. The first-order chi connectivity index (χ1) is 23.1. The highest BCUT2D eigenvalue weighted by Gasteiger charge is 2.28. The minimum atomic E-state index is -0.961. The minimum absolute atomic E-state index is 0.144. The summed E-state index contributed by atoms with van der Waals surface area (Å²) in [5, 5.41) is 24.1. The zero-order valence-electron chi connectivity index (χ0n) is 27.7. The van der Waals surface area contributed by atoms with Crippen molar-refractivity contribution in [3.8, 4) is 16.9 Å². The number of rotatable bonds is 2. The predicted octanol–water partition coefficient (Wildman–Crippen LogP) is 9.22. The number of aryl methyl sites for hydroxylation is 3. The Hall–Kier alpha value is -3.86. The maximum absolute atomic E-state index is 12.8. The van der Waals surface area contributed by atoms with Gasteiger partial charge in [-0.05, 0) is 68.8 Å². The molecule has 48 heavy (non-hydrogen) atoms. The molecule has 1 N–H and O–H groups in total. The molecule has 3 aromatic carbocycles. The molecule has 1 aliphatic rings. The number of nitrogens with zero attached hydrogens (tertiary/aromatic N) is 5. The van der Waals surface area contributed by atoms with E-state index in [0.29, 0.717) is 30.2 Å². The molecule has 0 spiro atoms. The van der Waals surface area contributed by atoms with Crippen molar-refractivity contribution < 1.29 is 14.6 Å². The maximum Gasteiger partial charge on any atom is 0.352 e. The van der Waals surface area contributed by atoms with E-state index in [1.165, 1.54) is 0 Å². The van der Waals surface area contributed by atoms with E-state index in [9.17, 15) is 9.90 Å². The number of halogens is 1. The average molecular weight is 700 g/mol. The predicted molar refractivity (Wildman–Crippen MR) is 197 cm³/mol. The molecule has 11 heteroatoms. The molecule has 0 aliphatic carbocycles. The molecule has 0 saturated carbocycles. The van der Waals surface area contributed by atoms with Crippen LogP contribution in [0.3, 0.4) is 0 Å². The molecule has 0 saturated heterocycles. The molecule has 0 unspecified atom stereocenters. The van der Waals surface area contributed by atoms with Gasteiger partial charge in [0.2, 0.25) is 0 Å². The number of carboxylic acid groups (broad SMARTS) is 1. The molecule has 4 heterocycles. The fraction of sp³-hybridized carbons (Fsp3) is 0.324. The van der Waals surface area contributed by atoms with Crippen LogP contribution < -0.4 is 4.74 Å². The van der Waals surface area contributed by atoms with Crippen molar-refractivity contribution in [2.45, 2.75) is 61.8 Å². The number of hydrogen-bond acceptors (Lipinski definition) is 6. The van der Waals surface area contributed by atoms with Gasteiger partial charge < -0.3 is 14.4 Å². The number of fused-ring (bicyclic) bond motifs is 8. The van der Waals surface area contributed by atoms with Crippen molar-refractivity contribution >= 4 is 62.8 Å². The van der Waals surface area contributed by atoms with E-state index in [1.807, 2.05) is 47.7 Å². The number of aromatic nitrogens is 5. The standard InChI is InChI=1S/C37H38ClN5O3S2/c1-21(2)43-22(3)33-31(40-43)20-47-18-24-16-25(42(5)39-24)19-48-26-15-23-9-6-7-10-27(23)32(17-26)46-14-8-11-28-29-12-13-30(38)34(33)35(29)41(4)36(28)37(44)45/h6-7,9-10,12-13,15-17,21H,8,11,14,18-20H2,1-5H3,(H,44,45). The Labute approximate surface area is 293 Å². The molecular formula is C37H38ClN5O3S2. The van der Waals surface area contributed by atoms with Crippen molar-refractivity contribution in [3.63, 3.8) is 0 Å². The van der Waals surface area contributed by atoms with Crippen LogP contribution in [0.5, 0.6) is 5.75 Å². The van der Waals surface area contributed by atoms with Crippen LogP contribution in [0.4, 0.5) is 0 Å². The van der Waals surface area contributed by atoms with Crippen LogP contribution in [0.1, 0.15) is 65.1 Å². The lowest BCUT2D eigenvalue weighted by Crippen LogP contribution is -2.09. The second-order valence-corrected chi connectivity index (χ2v) is 15.0. The number of carbonyl (C=O) groups is 1. The molecule has 248 valence electrons. The summed E-state index contributed by atoms with van der Waals surface area (Å²) >= 11 is 10.6. The number of hydrogen-bond donors (Lipinski definition) is 1. The lowest BCUT2D eigenvalue weighted by atomic mass is 9.98. The Balaban J connectivity index is 1.38. The van der Waals surface area contributed by atoms with Gasteiger partial charge in [-0.1, -0.05) is 41.9 Å². The van der Waals surface area contributed by atoms with Gasteiger partial charge in [-0.3, -0.25) is 9.36 Å². The molecule has 0 radical (unpaired) electrons. The Kier molecular flexibility index (Phi) is 9.00. The Morgan fingerprint density at radius 3 is 2.60 bits per heavy atom. The average Bonchev–Trinajstić information content (AvgIpc) is 3.67. The maximum atomic E-state index is 12.8. The molecule has 0 fully saturated rings. The first-order valence-electron chi connectivity index (χ1n) is 16.1. The lowest BCUT2D eigenvalue weighted by Gasteiger charge is -2.13. The lowest BCUT2D eigenvalue weighted by molar-refractivity contribution is 0.0685. The van der Waals surface area contributed by atoms with Crippen LogP contribution in [0.25, 0.3) is 32.8 Å². The van der Waals surface area contributed by atoms with E-state index >= 15 is 0 Å². The second kappa shape index (κ2) is 13.2. The number of carboxylic acids is 1. The normalized spacial score (nSPS) is 14.3. The van der Waals surface area contributed by atoms with Crippen molar-refractivity contribution in [1.82, 2.24) is 24.1 Å². The summed E-state index contributed by atoms with van der Waals surface area (Å²) in [6.07, 6.45) is 1.19. The van der Waals surface area contributed by atoms with Crippen LogP contribution >= 0.6 is 35.1 Å². The molecule has 7 rings (SSSR count). The van der Waals surface area contributed by atoms with Crippen LogP contribution in [-0.4, -0.2) is 41.8 Å². The van der Waals surface area contributed by atoms with Gasteiger partial charge in [-0.15, -0.1) is 23.5 Å². The van der Waals surface area contributed by atoms with Gasteiger partial charge in [0.1, 0.15) is 11.4 Å². The van der Waals surface area contributed by atoms with Crippen molar-refractivity contribution in [2.24, 2.45) is 14.1 Å². The summed E-state index contributed by atoms with van der Waals surface area (Å²) in [6, 6.07) is 18.8. The van der Waals surface area contributed by atoms with Gasteiger partial charge in [0, 0.05) is 75.6 Å². The third-order valence-corrected chi connectivity index (χ3v) is 11.4. The smallest absolute Gasteiger partial charge is 0.352 e. The Morgan fingerprint density at radius 2 is 1.81 bits per heavy atom. The van der Waals surface area contributed by atoms with Gasteiger partial charge >= 0.3 is 5.97 Å². The van der Waals surface area contributed by atoms with E-state index in [2.05, 4.69) is 51.1 Å². The number of aromatic carboxylic acids is 1. The Bertz CT molecular complexity index is 2200. The number of thioether (sulfide) groups is 2. The van der Waals surface area contributed by atoms with E-state index in [4.69, 9.17) is 26.5 Å². The zero-order chi connectivity index (χ0) is 33.7. The van der Waals surface area contributed by atoms with E-state index in [1.54, 1.807) is 28.1 Å². The summed E-state index contributed by atoms with van der Waals surface area (Å²) < 4.78 is 12.3.